The van der Waals surface area contributed by atoms with Crippen molar-refractivity contribution in [2.75, 3.05) is 0 Å². The normalized spacial score (nSPS) is 11.2. The van der Waals surface area contributed by atoms with Gasteiger partial charge in [0.15, 0.2) is 0 Å². The fourth-order valence-corrected chi connectivity index (χ4v) is 1.59. The highest BCUT2D eigenvalue weighted by atomic mass is 19.1. The second-order valence-electron chi connectivity index (χ2n) is 4.23. The second kappa shape index (κ2) is 6.19. The van der Waals surface area contributed by atoms with E-state index < -0.39 is 0 Å². The summed E-state index contributed by atoms with van der Waals surface area (Å²) in [5, 5.41) is 0. The van der Waals surface area contributed by atoms with Crippen LogP contribution < -0.4 is 0 Å². The Morgan fingerprint density at radius 3 is 2.53 bits per heavy atom. The summed E-state index contributed by atoms with van der Waals surface area (Å²) >= 11 is 0. The number of hydrogen-bond acceptors (Lipinski definition) is 0. The Morgan fingerprint density at radius 1 is 1.29 bits per heavy atom. The Bertz CT molecular complexity index is 460. The summed E-state index contributed by atoms with van der Waals surface area (Å²) in [6, 6.07) is 5.16. The maximum atomic E-state index is 13.3. The van der Waals surface area contributed by atoms with Crippen LogP contribution in [0.5, 0.6) is 0 Å². The fraction of sp³-hybridized carbons (Fsp3) is 0.250. The minimum Gasteiger partial charge on any atom is -0.206 e. The van der Waals surface area contributed by atoms with Gasteiger partial charge in [0.2, 0.25) is 0 Å². The van der Waals surface area contributed by atoms with Crippen molar-refractivity contribution in [1.82, 2.24) is 0 Å². The van der Waals surface area contributed by atoms with Crippen LogP contribution in [0, 0.1) is 5.82 Å². The van der Waals surface area contributed by atoms with E-state index in [2.05, 4.69) is 39.5 Å². The van der Waals surface area contributed by atoms with Gasteiger partial charge in [-0.15, -0.1) is 0 Å². The van der Waals surface area contributed by atoms with Crippen molar-refractivity contribution in [1.29, 1.82) is 0 Å². The maximum absolute atomic E-state index is 13.3. The average molecular weight is 230 g/mol. The summed E-state index contributed by atoms with van der Waals surface area (Å²) in [7, 11) is 0. The van der Waals surface area contributed by atoms with Crippen molar-refractivity contribution in [3.8, 4) is 0 Å². The zero-order valence-electron chi connectivity index (χ0n) is 10.8. The maximum Gasteiger partial charge on any atom is 0.130 e. The van der Waals surface area contributed by atoms with E-state index in [1.54, 1.807) is 6.08 Å². The quantitative estimate of drug-likeness (QED) is 0.621. The third-order valence-corrected chi connectivity index (χ3v) is 2.59. The summed E-state index contributed by atoms with van der Waals surface area (Å²) in [6.07, 6.45) is 6.64. The lowest BCUT2D eigenvalue weighted by Gasteiger charge is -2.06. The summed E-state index contributed by atoms with van der Waals surface area (Å²) in [4.78, 5) is 0. The molecule has 0 heterocycles. The Labute approximate surface area is 103 Å². The van der Waals surface area contributed by atoms with Gasteiger partial charge in [-0.2, -0.15) is 0 Å². The largest absolute Gasteiger partial charge is 0.206 e. The number of hydrogen-bond donors (Lipinski definition) is 0. The first kappa shape index (κ1) is 13.4. The van der Waals surface area contributed by atoms with Crippen molar-refractivity contribution >= 4 is 11.6 Å². The minimum absolute atomic E-state index is 0.221. The zero-order valence-corrected chi connectivity index (χ0v) is 10.8. The molecule has 0 saturated carbocycles. The first-order chi connectivity index (χ1) is 8.08. The molecule has 0 aliphatic rings. The third kappa shape index (κ3) is 3.70. The van der Waals surface area contributed by atoms with Crippen molar-refractivity contribution in [2.24, 2.45) is 0 Å². The molecule has 0 aromatic heterocycles. The van der Waals surface area contributed by atoms with E-state index in [1.165, 1.54) is 17.2 Å². The molecular formula is C16H19F. The highest BCUT2D eigenvalue weighted by Crippen LogP contribution is 2.21. The average Bonchev–Trinajstić information content (AvgIpc) is 2.31. The van der Waals surface area contributed by atoms with Crippen LogP contribution in [-0.4, -0.2) is 0 Å². The van der Waals surface area contributed by atoms with E-state index in [4.69, 9.17) is 0 Å². The summed E-state index contributed by atoms with van der Waals surface area (Å²) in [6.45, 7) is 9.84. The lowest BCUT2D eigenvalue weighted by Crippen LogP contribution is -1.88. The van der Waals surface area contributed by atoms with Crippen LogP contribution >= 0.6 is 0 Å². The molecule has 0 radical (unpaired) electrons. The van der Waals surface area contributed by atoms with Crippen LogP contribution in [0.15, 0.2) is 42.5 Å². The Kier molecular flexibility index (Phi) is 4.89. The van der Waals surface area contributed by atoms with E-state index in [9.17, 15) is 4.39 Å². The van der Waals surface area contributed by atoms with Gasteiger partial charge in [-0.25, -0.2) is 4.39 Å². The van der Waals surface area contributed by atoms with Gasteiger partial charge in [-0.3, -0.25) is 0 Å². The standard InChI is InChI=1S/C16H19F/c1-5-13(8-7-12(3)4)15-9-10-16(17)14(6-2)11-15/h6-11H,2,5H2,1,3-4H3/b13-8+. The lowest BCUT2D eigenvalue weighted by atomic mass is 10.00. The van der Waals surface area contributed by atoms with Crippen LogP contribution in [0.4, 0.5) is 4.39 Å². The second-order valence-corrected chi connectivity index (χ2v) is 4.23. The van der Waals surface area contributed by atoms with E-state index in [-0.39, 0.29) is 5.82 Å². The van der Waals surface area contributed by atoms with Crippen molar-refractivity contribution < 1.29 is 4.39 Å². The number of halogens is 1. The highest BCUT2D eigenvalue weighted by molar-refractivity contribution is 5.69. The molecule has 0 saturated heterocycles. The first-order valence-corrected chi connectivity index (χ1v) is 5.85. The molecule has 0 amide bonds. The van der Waals surface area contributed by atoms with Gasteiger partial charge in [0.05, 0.1) is 0 Å². The Hall–Kier alpha value is -1.63. The van der Waals surface area contributed by atoms with Gasteiger partial charge >= 0.3 is 0 Å². The van der Waals surface area contributed by atoms with Crippen molar-refractivity contribution in [3.63, 3.8) is 0 Å². The van der Waals surface area contributed by atoms with E-state index in [0.29, 0.717) is 5.56 Å². The molecule has 0 aliphatic heterocycles. The fourth-order valence-electron chi connectivity index (χ4n) is 1.59. The highest BCUT2D eigenvalue weighted by Gasteiger charge is 2.03. The third-order valence-electron chi connectivity index (χ3n) is 2.59. The summed E-state index contributed by atoms with van der Waals surface area (Å²) < 4.78 is 13.3. The zero-order chi connectivity index (χ0) is 12.8. The molecular weight excluding hydrogens is 211 g/mol. The molecule has 0 bridgehead atoms. The van der Waals surface area contributed by atoms with Crippen molar-refractivity contribution in [2.45, 2.75) is 27.2 Å². The summed E-state index contributed by atoms with van der Waals surface area (Å²) in [5.74, 6) is -0.221. The van der Waals surface area contributed by atoms with Gasteiger partial charge in [-0.1, -0.05) is 43.4 Å². The van der Waals surface area contributed by atoms with Crippen LogP contribution in [0.25, 0.3) is 11.6 Å². The lowest BCUT2D eigenvalue weighted by molar-refractivity contribution is 0.625. The number of benzene rings is 1. The number of allylic oxidation sites excluding steroid dienone is 4. The molecule has 0 unspecified atom stereocenters. The molecule has 1 heteroatoms. The van der Waals surface area contributed by atoms with E-state index in [1.807, 2.05) is 12.1 Å². The van der Waals surface area contributed by atoms with Crippen LogP contribution in [0.3, 0.4) is 0 Å². The van der Waals surface area contributed by atoms with Crippen LogP contribution in [0.2, 0.25) is 0 Å². The van der Waals surface area contributed by atoms with E-state index >= 15 is 0 Å². The number of rotatable bonds is 4. The Balaban J connectivity index is 3.17. The Morgan fingerprint density at radius 2 is 2.00 bits per heavy atom. The molecule has 17 heavy (non-hydrogen) atoms. The summed E-state index contributed by atoms with van der Waals surface area (Å²) in [5.41, 5.74) is 4.07. The van der Waals surface area contributed by atoms with Gasteiger partial charge in [0.25, 0.3) is 0 Å². The minimum atomic E-state index is -0.221. The molecule has 0 fully saturated rings. The van der Waals surface area contributed by atoms with Gasteiger partial charge in [0.1, 0.15) is 5.82 Å². The van der Waals surface area contributed by atoms with Crippen LogP contribution in [0.1, 0.15) is 38.3 Å². The van der Waals surface area contributed by atoms with Gasteiger partial charge < -0.3 is 0 Å². The molecule has 90 valence electrons. The molecule has 0 aliphatic carbocycles. The first-order valence-electron chi connectivity index (χ1n) is 5.85. The van der Waals surface area contributed by atoms with Crippen molar-refractivity contribution in [3.05, 3.63) is 59.4 Å². The van der Waals surface area contributed by atoms with Gasteiger partial charge in [-0.05, 0) is 43.5 Å². The molecule has 0 N–H and O–H groups in total. The van der Waals surface area contributed by atoms with Gasteiger partial charge in [0, 0.05) is 5.56 Å². The topological polar surface area (TPSA) is 0 Å². The predicted molar refractivity (Wildman–Crippen MR) is 74.2 cm³/mol. The SMILES string of the molecule is C=Cc1cc(/C(=C/C=C(C)C)CC)ccc1F. The smallest absolute Gasteiger partial charge is 0.130 e. The molecule has 1 aromatic rings. The molecule has 0 spiro atoms. The molecule has 0 nitrogen and oxygen atoms in total. The molecule has 1 aromatic carbocycles. The monoisotopic (exact) mass is 230 g/mol. The molecule has 0 atom stereocenters. The predicted octanol–water partition coefficient (Wildman–Crippen LogP) is 5.23. The van der Waals surface area contributed by atoms with E-state index in [0.717, 1.165) is 12.0 Å². The molecule has 1 rings (SSSR count). The van der Waals surface area contributed by atoms with Crippen LogP contribution in [-0.2, 0) is 0 Å².